The minimum atomic E-state index is -0.921. The van der Waals surface area contributed by atoms with Crippen molar-refractivity contribution in [2.24, 2.45) is 0 Å². The molecule has 1 fully saturated rings. The maximum Gasteiger partial charge on any atom is 0.326 e. The Morgan fingerprint density at radius 2 is 2.10 bits per heavy atom. The van der Waals surface area contributed by atoms with E-state index in [-0.39, 0.29) is 5.91 Å². The fourth-order valence-corrected chi connectivity index (χ4v) is 2.56. The highest BCUT2D eigenvalue weighted by Crippen LogP contribution is 2.18. The number of nitrogens with zero attached hydrogens (tertiary/aromatic N) is 1. The van der Waals surface area contributed by atoms with Gasteiger partial charge in [0.25, 0.3) is 0 Å². The largest absolute Gasteiger partial charge is 0.480 e. The van der Waals surface area contributed by atoms with Gasteiger partial charge in [0.1, 0.15) is 6.04 Å². The number of rotatable bonds is 3. The third kappa shape index (κ3) is 3.07. The summed E-state index contributed by atoms with van der Waals surface area (Å²) >= 11 is 0. The van der Waals surface area contributed by atoms with Crippen LogP contribution in [0.25, 0.3) is 6.08 Å². The second-order valence-electron chi connectivity index (χ2n) is 5.22. The van der Waals surface area contributed by atoms with E-state index in [2.05, 4.69) is 6.07 Å². The molecule has 4 heteroatoms. The van der Waals surface area contributed by atoms with E-state index in [4.69, 9.17) is 5.11 Å². The Kier molecular flexibility index (Phi) is 4.23. The van der Waals surface area contributed by atoms with Gasteiger partial charge in [-0.3, -0.25) is 4.79 Å². The van der Waals surface area contributed by atoms with E-state index in [1.807, 2.05) is 26.0 Å². The molecule has 0 bridgehead atoms. The molecule has 0 saturated carbocycles. The molecule has 0 aromatic heterocycles. The predicted molar refractivity (Wildman–Crippen MR) is 77.3 cm³/mol. The second-order valence-corrected chi connectivity index (χ2v) is 5.22. The van der Waals surface area contributed by atoms with Crippen molar-refractivity contribution in [3.8, 4) is 0 Å². The smallest absolute Gasteiger partial charge is 0.326 e. The van der Waals surface area contributed by atoms with Gasteiger partial charge in [-0.2, -0.15) is 0 Å². The molecule has 1 aromatic carbocycles. The Labute approximate surface area is 118 Å². The van der Waals surface area contributed by atoms with Gasteiger partial charge in [-0.05, 0) is 43.9 Å². The number of aryl methyl sites for hydroxylation is 2. The van der Waals surface area contributed by atoms with E-state index in [1.54, 1.807) is 6.08 Å². The van der Waals surface area contributed by atoms with Gasteiger partial charge in [0.05, 0.1) is 0 Å². The number of carboxylic acid groups (broad SMARTS) is 1. The summed E-state index contributed by atoms with van der Waals surface area (Å²) in [7, 11) is 0. The summed E-state index contributed by atoms with van der Waals surface area (Å²) in [4.78, 5) is 24.6. The minimum absolute atomic E-state index is 0.227. The Balaban J connectivity index is 2.11. The first-order valence-electron chi connectivity index (χ1n) is 6.78. The topological polar surface area (TPSA) is 57.6 Å². The molecule has 1 aliphatic heterocycles. The van der Waals surface area contributed by atoms with Gasteiger partial charge in [0.15, 0.2) is 0 Å². The van der Waals surface area contributed by atoms with E-state index in [9.17, 15) is 9.59 Å². The third-order valence-electron chi connectivity index (χ3n) is 3.65. The average Bonchev–Trinajstić information content (AvgIpc) is 2.86. The van der Waals surface area contributed by atoms with Crippen molar-refractivity contribution < 1.29 is 14.7 Å². The fraction of sp³-hybridized carbons (Fsp3) is 0.375. The van der Waals surface area contributed by atoms with Gasteiger partial charge in [0.2, 0.25) is 5.91 Å². The molecule has 1 atom stereocenters. The van der Waals surface area contributed by atoms with Crippen molar-refractivity contribution in [1.29, 1.82) is 0 Å². The molecule has 20 heavy (non-hydrogen) atoms. The van der Waals surface area contributed by atoms with Crippen molar-refractivity contribution in [1.82, 2.24) is 4.90 Å². The van der Waals surface area contributed by atoms with E-state index < -0.39 is 12.0 Å². The Bertz CT molecular complexity index is 563. The molecule has 1 saturated heterocycles. The first kappa shape index (κ1) is 14.3. The normalized spacial score (nSPS) is 18.7. The zero-order valence-corrected chi connectivity index (χ0v) is 11.8. The lowest BCUT2D eigenvalue weighted by Gasteiger charge is -2.19. The summed E-state index contributed by atoms with van der Waals surface area (Å²) in [6.45, 7) is 4.54. The average molecular weight is 273 g/mol. The van der Waals surface area contributed by atoms with Crippen LogP contribution in [0.3, 0.4) is 0 Å². The molecule has 0 aliphatic carbocycles. The molecule has 1 aromatic rings. The molecule has 0 radical (unpaired) electrons. The highest BCUT2D eigenvalue weighted by Gasteiger charge is 2.32. The van der Waals surface area contributed by atoms with Gasteiger partial charge in [-0.25, -0.2) is 4.79 Å². The van der Waals surface area contributed by atoms with E-state index in [1.165, 1.54) is 16.5 Å². The molecule has 0 spiro atoms. The monoisotopic (exact) mass is 273 g/mol. The van der Waals surface area contributed by atoms with Gasteiger partial charge in [0, 0.05) is 12.6 Å². The summed E-state index contributed by atoms with van der Waals surface area (Å²) in [5, 5.41) is 9.07. The van der Waals surface area contributed by atoms with Crippen LogP contribution in [0.15, 0.2) is 24.3 Å². The number of hydrogen-bond acceptors (Lipinski definition) is 2. The van der Waals surface area contributed by atoms with Crippen molar-refractivity contribution in [3.05, 3.63) is 41.0 Å². The number of carbonyl (C=O) groups is 2. The SMILES string of the molecule is Cc1ccc(/C=C/C(=O)N2CCC[C@H]2C(=O)O)c(C)c1. The second kappa shape index (κ2) is 5.90. The maximum atomic E-state index is 12.1. The molecule has 106 valence electrons. The highest BCUT2D eigenvalue weighted by atomic mass is 16.4. The number of aliphatic carboxylic acids is 1. The molecule has 1 aliphatic rings. The standard InChI is InChI=1S/C16H19NO3/c1-11-5-6-13(12(2)10-11)7-8-15(18)17-9-3-4-14(17)16(19)20/h5-8,10,14H,3-4,9H2,1-2H3,(H,19,20)/b8-7+/t14-/m0/s1. The van der Waals surface area contributed by atoms with Crippen LogP contribution in [0.1, 0.15) is 29.5 Å². The Hall–Kier alpha value is -2.10. The quantitative estimate of drug-likeness (QED) is 0.860. The lowest BCUT2D eigenvalue weighted by molar-refractivity contribution is -0.146. The number of amides is 1. The molecular weight excluding hydrogens is 254 g/mol. The number of carboxylic acids is 1. The lowest BCUT2D eigenvalue weighted by atomic mass is 10.1. The van der Waals surface area contributed by atoms with Gasteiger partial charge in [-0.15, -0.1) is 0 Å². The van der Waals surface area contributed by atoms with Crippen LogP contribution < -0.4 is 0 Å². The van der Waals surface area contributed by atoms with E-state index >= 15 is 0 Å². The number of likely N-dealkylation sites (tertiary alicyclic amines) is 1. The molecule has 1 N–H and O–H groups in total. The Morgan fingerprint density at radius 1 is 1.35 bits per heavy atom. The van der Waals surface area contributed by atoms with Crippen LogP contribution in [0.4, 0.5) is 0 Å². The fourth-order valence-electron chi connectivity index (χ4n) is 2.56. The van der Waals surface area contributed by atoms with Gasteiger partial charge >= 0.3 is 5.97 Å². The van der Waals surface area contributed by atoms with Crippen LogP contribution in [0, 0.1) is 13.8 Å². The summed E-state index contributed by atoms with van der Waals surface area (Å²) in [6, 6.07) is 5.34. The molecule has 1 amide bonds. The van der Waals surface area contributed by atoms with E-state index in [0.717, 1.165) is 17.5 Å². The van der Waals surface area contributed by atoms with Crippen molar-refractivity contribution in [2.75, 3.05) is 6.54 Å². The first-order valence-corrected chi connectivity index (χ1v) is 6.78. The zero-order chi connectivity index (χ0) is 14.7. The molecular formula is C16H19NO3. The van der Waals surface area contributed by atoms with Gasteiger partial charge in [-0.1, -0.05) is 23.8 Å². The number of benzene rings is 1. The zero-order valence-electron chi connectivity index (χ0n) is 11.8. The summed E-state index contributed by atoms with van der Waals surface area (Å²) in [5.41, 5.74) is 3.26. The minimum Gasteiger partial charge on any atom is -0.480 e. The first-order chi connectivity index (χ1) is 9.49. The van der Waals surface area contributed by atoms with Crippen LogP contribution in [0.2, 0.25) is 0 Å². The molecule has 1 heterocycles. The lowest BCUT2D eigenvalue weighted by Crippen LogP contribution is -2.39. The van der Waals surface area contributed by atoms with Crippen LogP contribution in [0.5, 0.6) is 0 Å². The molecule has 4 nitrogen and oxygen atoms in total. The highest BCUT2D eigenvalue weighted by molar-refractivity contribution is 5.94. The maximum absolute atomic E-state index is 12.1. The predicted octanol–water partition coefficient (Wildman–Crippen LogP) is 2.39. The van der Waals surface area contributed by atoms with E-state index in [0.29, 0.717) is 13.0 Å². The van der Waals surface area contributed by atoms with Crippen LogP contribution in [-0.2, 0) is 9.59 Å². The molecule has 2 rings (SSSR count). The van der Waals surface area contributed by atoms with Crippen LogP contribution >= 0.6 is 0 Å². The number of carbonyl (C=O) groups excluding carboxylic acids is 1. The van der Waals surface area contributed by atoms with Crippen molar-refractivity contribution in [3.63, 3.8) is 0 Å². The summed E-state index contributed by atoms with van der Waals surface area (Å²) in [6.07, 6.45) is 4.52. The summed E-state index contributed by atoms with van der Waals surface area (Å²) in [5.74, 6) is -1.15. The van der Waals surface area contributed by atoms with Gasteiger partial charge < -0.3 is 10.0 Å². The van der Waals surface area contributed by atoms with Crippen LogP contribution in [-0.4, -0.2) is 34.5 Å². The summed E-state index contributed by atoms with van der Waals surface area (Å²) < 4.78 is 0. The van der Waals surface area contributed by atoms with Crippen molar-refractivity contribution >= 4 is 18.0 Å². The van der Waals surface area contributed by atoms with Crippen molar-refractivity contribution in [2.45, 2.75) is 32.7 Å². The Morgan fingerprint density at radius 3 is 2.75 bits per heavy atom. The number of hydrogen-bond donors (Lipinski definition) is 1. The molecule has 0 unspecified atom stereocenters. The third-order valence-corrected chi connectivity index (χ3v) is 3.65.